The quantitative estimate of drug-likeness (QED) is 0.783. The SMILES string of the molecule is CN(C)CCN(Cc1cccnc1)c1ncccn1. The summed E-state index contributed by atoms with van der Waals surface area (Å²) in [5, 5.41) is 0. The third kappa shape index (κ3) is 4.30. The molecule has 0 aliphatic rings. The zero-order chi connectivity index (χ0) is 13.5. The van der Waals surface area contributed by atoms with E-state index in [0.29, 0.717) is 0 Å². The van der Waals surface area contributed by atoms with Crippen molar-refractivity contribution in [2.75, 3.05) is 32.1 Å². The van der Waals surface area contributed by atoms with E-state index in [1.807, 2.05) is 18.3 Å². The van der Waals surface area contributed by atoms with Crippen LogP contribution in [0.5, 0.6) is 0 Å². The van der Waals surface area contributed by atoms with Gasteiger partial charge in [0.15, 0.2) is 0 Å². The van der Waals surface area contributed by atoms with Gasteiger partial charge in [-0.1, -0.05) is 6.07 Å². The van der Waals surface area contributed by atoms with E-state index >= 15 is 0 Å². The Labute approximate surface area is 113 Å². The predicted octanol–water partition coefficient (Wildman–Crippen LogP) is 1.44. The van der Waals surface area contributed by atoms with Gasteiger partial charge >= 0.3 is 0 Å². The zero-order valence-electron chi connectivity index (χ0n) is 11.4. The first-order valence-electron chi connectivity index (χ1n) is 6.31. The van der Waals surface area contributed by atoms with E-state index in [4.69, 9.17) is 0 Å². The van der Waals surface area contributed by atoms with E-state index in [-0.39, 0.29) is 0 Å². The van der Waals surface area contributed by atoms with Crippen molar-refractivity contribution < 1.29 is 0 Å². The molecule has 0 aliphatic heterocycles. The van der Waals surface area contributed by atoms with Crippen LogP contribution >= 0.6 is 0 Å². The molecule has 2 heterocycles. The second kappa shape index (κ2) is 6.80. The molecule has 2 aromatic heterocycles. The molecule has 5 nitrogen and oxygen atoms in total. The number of aromatic nitrogens is 3. The van der Waals surface area contributed by atoms with Crippen molar-refractivity contribution in [3.63, 3.8) is 0 Å². The topological polar surface area (TPSA) is 45.2 Å². The Bertz CT molecular complexity index is 472. The Morgan fingerprint density at radius 2 is 1.79 bits per heavy atom. The average molecular weight is 257 g/mol. The molecule has 2 rings (SSSR count). The molecular weight excluding hydrogens is 238 g/mol. The number of hydrogen-bond acceptors (Lipinski definition) is 5. The molecule has 0 unspecified atom stereocenters. The maximum atomic E-state index is 4.33. The molecule has 0 saturated carbocycles. The number of rotatable bonds is 6. The van der Waals surface area contributed by atoms with Crippen molar-refractivity contribution in [3.05, 3.63) is 48.5 Å². The Morgan fingerprint density at radius 1 is 1.00 bits per heavy atom. The smallest absolute Gasteiger partial charge is 0.225 e. The summed E-state index contributed by atoms with van der Waals surface area (Å²) < 4.78 is 0. The summed E-state index contributed by atoms with van der Waals surface area (Å²) in [5.74, 6) is 0.758. The van der Waals surface area contributed by atoms with Gasteiger partial charge in [0.2, 0.25) is 5.95 Å². The van der Waals surface area contributed by atoms with E-state index in [0.717, 1.165) is 31.1 Å². The molecule has 0 aliphatic carbocycles. The van der Waals surface area contributed by atoms with Crippen molar-refractivity contribution in [1.29, 1.82) is 0 Å². The molecule has 0 bridgehead atoms. The fourth-order valence-corrected chi connectivity index (χ4v) is 1.74. The fraction of sp³-hybridized carbons (Fsp3) is 0.357. The lowest BCUT2D eigenvalue weighted by atomic mass is 10.2. The molecule has 19 heavy (non-hydrogen) atoms. The number of pyridine rings is 1. The van der Waals surface area contributed by atoms with Crippen LogP contribution in [0, 0.1) is 0 Å². The molecule has 0 atom stereocenters. The van der Waals surface area contributed by atoms with Crippen molar-refractivity contribution in [2.45, 2.75) is 6.54 Å². The molecule has 5 heteroatoms. The highest BCUT2D eigenvalue weighted by atomic mass is 15.3. The van der Waals surface area contributed by atoms with Crippen LogP contribution in [-0.4, -0.2) is 47.0 Å². The van der Waals surface area contributed by atoms with Crippen LogP contribution in [0.4, 0.5) is 5.95 Å². The molecule has 0 aromatic carbocycles. The Morgan fingerprint density at radius 3 is 2.42 bits per heavy atom. The van der Waals surface area contributed by atoms with Gasteiger partial charge in [0.05, 0.1) is 0 Å². The van der Waals surface area contributed by atoms with E-state index < -0.39 is 0 Å². The lowest BCUT2D eigenvalue weighted by Gasteiger charge is -2.24. The predicted molar refractivity (Wildman–Crippen MR) is 75.9 cm³/mol. The minimum atomic E-state index is 0.758. The normalized spacial score (nSPS) is 10.7. The van der Waals surface area contributed by atoms with Crippen LogP contribution in [0.25, 0.3) is 0 Å². The third-order valence-corrected chi connectivity index (χ3v) is 2.75. The zero-order valence-corrected chi connectivity index (χ0v) is 11.4. The fourth-order valence-electron chi connectivity index (χ4n) is 1.74. The minimum Gasteiger partial charge on any atom is -0.335 e. The van der Waals surface area contributed by atoms with Gasteiger partial charge in [0, 0.05) is 44.4 Å². The summed E-state index contributed by atoms with van der Waals surface area (Å²) >= 11 is 0. The van der Waals surface area contributed by atoms with Crippen molar-refractivity contribution in [2.24, 2.45) is 0 Å². The van der Waals surface area contributed by atoms with Crippen LogP contribution in [0.15, 0.2) is 43.0 Å². The molecule has 0 N–H and O–H groups in total. The summed E-state index contributed by atoms with van der Waals surface area (Å²) in [7, 11) is 4.13. The molecule has 0 amide bonds. The first kappa shape index (κ1) is 13.4. The average Bonchev–Trinajstić information content (AvgIpc) is 2.45. The van der Waals surface area contributed by atoms with Gasteiger partial charge in [0.25, 0.3) is 0 Å². The van der Waals surface area contributed by atoms with Crippen molar-refractivity contribution in [1.82, 2.24) is 19.9 Å². The molecule has 0 fully saturated rings. The van der Waals surface area contributed by atoms with E-state index in [9.17, 15) is 0 Å². The van der Waals surface area contributed by atoms with Crippen LogP contribution in [-0.2, 0) is 6.54 Å². The summed E-state index contributed by atoms with van der Waals surface area (Å²) in [6.07, 6.45) is 7.21. The van der Waals surface area contributed by atoms with E-state index in [2.05, 4.69) is 44.9 Å². The van der Waals surface area contributed by atoms with Gasteiger partial charge in [-0.15, -0.1) is 0 Å². The van der Waals surface area contributed by atoms with Crippen molar-refractivity contribution in [3.8, 4) is 0 Å². The summed E-state index contributed by atoms with van der Waals surface area (Å²) in [6.45, 7) is 2.61. The van der Waals surface area contributed by atoms with Gasteiger partial charge in [0.1, 0.15) is 0 Å². The van der Waals surface area contributed by atoms with Gasteiger partial charge in [-0.3, -0.25) is 4.98 Å². The number of nitrogens with zero attached hydrogens (tertiary/aromatic N) is 5. The number of anilines is 1. The molecule has 100 valence electrons. The standard InChI is InChI=1S/C14H19N5/c1-18(2)9-10-19(14-16-7-4-8-17-14)12-13-5-3-6-15-11-13/h3-8,11H,9-10,12H2,1-2H3. The minimum absolute atomic E-state index is 0.758. The van der Waals surface area contributed by atoms with Crippen LogP contribution in [0.3, 0.4) is 0 Å². The van der Waals surface area contributed by atoms with Crippen LogP contribution in [0.1, 0.15) is 5.56 Å². The largest absolute Gasteiger partial charge is 0.335 e. The maximum absolute atomic E-state index is 4.33. The Hall–Kier alpha value is -2.01. The second-order valence-electron chi connectivity index (χ2n) is 4.63. The molecule has 0 spiro atoms. The Balaban J connectivity index is 2.10. The molecule has 2 aromatic rings. The highest BCUT2D eigenvalue weighted by Crippen LogP contribution is 2.10. The van der Waals surface area contributed by atoms with E-state index in [1.165, 1.54) is 0 Å². The van der Waals surface area contributed by atoms with Gasteiger partial charge < -0.3 is 9.80 Å². The van der Waals surface area contributed by atoms with Gasteiger partial charge in [-0.05, 0) is 31.8 Å². The van der Waals surface area contributed by atoms with Crippen LogP contribution < -0.4 is 4.90 Å². The highest BCUT2D eigenvalue weighted by Gasteiger charge is 2.10. The number of hydrogen-bond donors (Lipinski definition) is 0. The monoisotopic (exact) mass is 257 g/mol. The third-order valence-electron chi connectivity index (χ3n) is 2.75. The van der Waals surface area contributed by atoms with Crippen LogP contribution in [0.2, 0.25) is 0 Å². The van der Waals surface area contributed by atoms with Gasteiger partial charge in [-0.2, -0.15) is 0 Å². The van der Waals surface area contributed by atoms with Crippen molar-refractivity contribution >= 4 is 5.95 Å². The second-order valence-corrected chi connectivity index (χ2v) is 4.63. The molecule has 0 radical (unpaired) electrons. The maximum Gasteiger partial charge on any atom is 0.225 e. The lowest BCUT2D eigenvalue weighted by molar-refractivity contribution is 0.411. The van der Waals surface area contributed by atoms with E-state index in [1.54, 1.807) is 18.6 Å². The van der Waals surface area contributed by atoms with Gasteiger partial charge in [-0.25, -0.2) is 9.97 Å². The summed E-state index contributed by atoms with van der Waals surface area (Å²) in [5.41, 5.74) is 1.16. The first-order chi connectivity index (χ1) is 9.25. The molecular formula is C14H19N5. The summed E-state index contributed by atoms with van der Waals surface area (Å²) in [4.78, 5) is 17.1. The number of likely N-dealkylation sites (N-methyl/N-ethyl adjacent to an activating group) is 1. The first-order valence-corrected chi connectivity index (χ1v) is 6.31. The Kier molecular flexibility index (Phi) is 4.80. The lowest BCUT2D eigenvalue weighted by Crippen LogP contribution is -2.32. The highest BCUT2D eigenvalue weighted by molar-refractivity contribution is 5.30. The molecule has 0 saturated heterocycles. The summed E-state index contributed by atoms with van der Waals surface area (Å²) in [6, 6.07) is 5.85.